The van der Waals surface area contributed by atoms with E-state index in [-0.39, 0.29) is 19.2 Å². The van der Waals surface area contributed by atoms with Crippen LogP contribution in [0.2, 0.25) is 0 Å². The van der Waals surface area contributed by atoms with Gasteiger partial charge in [-0.25, -0.2) is 30.7 Å². The maximum absolute atomic E-state index is 13.4. The molecule has 0 amide bonds. The molecule has 9 heteroatoms. The Hall–Kier alpha value is -1.87. The molecule has 1 N–H and O–H groups in total. The van der Waals surface area contributed by atoms with E-state index in [1.807, 2.05) is 4.72 Å². The lowest BCUT2D eigenvalue weighted by Crippen LogP contribution is -2.29. The molecule has 0 aliphatic carbocycles. The van der Waals surface area contributed by atoms with Crippen molar-refractivity contribution in [1.82, 2.24) is 9.29 Å². The van der Waals surface area contributed by atoms with Crippen LogP contribution in [0.25, 0.3) is 0 Å². The van der Waals surface area contributed by atoms with Gasteiger partial charge in [-0.3, -0.25) is 0 Å². The lowest BCUT2D eigenvalue weighted by Gasteiger charge is -2.10. The molecule has 0 radical (unpaired) electrons. The molecule has 21 heavy (non-hydrogen) atoms. The van der Waals surface area contributed by atoms with Gasteiger partial charge >= 0.3 is 0 Å². The second-order valence-corrected chi connectivity index (χ2v) is 5.82. The molecule has 1 heterocycles. The van der Waals surface area contributed by atoms with Crippen LogP contribution in [0.5, 0.6) is 0 Å². The standard InChI is InChI=1S/C12H10F4N2O2S/c13-8-7-9(14)11(16)12(10(8)15)21(19,20)17-3-6-18-4-1-2-5-18/h1-2,4-5,7,17H,3,6H2. The zero-order chi connectivity index (χ0) is 15.6. The zero-order valence-corrected chi connectivity index (χ0v) is 11.3. The molecular weight excluding hydrogens is 312 g/mol. The molecule has 0 bridgehead atoms. The van der Waals surface area contributed by atoms with Gasteiger partial charge in [0.1, 0.15) is 0 Å². The van der Waals surface area contributed by atoms with E-state index in [0.717, 1.165) is 0 Å². The summed E-state index contributed by atoms with van der Waals surface area (Å²) in [5.41, 5.74) is 0. The van der Waals surface area contributed by atoms with Crippen LogP contribution < -0.4 is 4.72 Å². The number of hydrogen-bond donors (Lipinski definition) is 1. The van der Waals surface area contributed by atoms with Crippen LogP contribution in [0.3, 0.4) is 0 Å². The molecule has 0 aliphatic heterocycles. The van der Waals surface area contributed by atoms with Crippen LogP contribution in [0.4, 0.5) is 17.6 Å². The highest BCUT2D eigenvalue weighted by atomic mass is 32.2. The van der Waals surface area contributed by atoms with Crippen LogP contribution in [-0.4, -0.2) is 19.5 Å². The molecule has 0 atom stereocenters. The molecule has 0 unspecified atom stereocenters. The summed E-state index contributed by atoms with van der Waals surface area (Å²) in [6, 6.07) is 3.36. The Morgan fingerprint density at radius 1 is 1.00 bits per heavy atom. The number of rotatable bonds is 5. The largest absolute Gasteiger partial charge is 0.353 e. The summed E-state index contributed by atoms with van der Waals surface area (Å²) in [6.45, 7) is -0.0126. The number of benzene rings is 1. The van der Waals surface area contributed by atoms with Crippen molar-refractivity contribution in [2.45, 2.75) is 11.4 Å². The quantitative estimate of drug-likeness (QED) is 0.676. The van der Waals surface area contributed by atoms with Gasteiger partial charge in [-0.15, -0.1) is 0 Å². The van der Waals surface area contributed by atoms with Crippen LogP contribution in [-0.2, 0) is 16.6 Å². The predicted octanol–water partition coefficient (Wildman–Crippen LogP) is 2.02. The topological polar surface area (TPSA) is 51.1 Å². The first kappa shape index (κ1) is 15.5. The molecule has 1 aromatic heterocycles. The van der Waals surface area contributed by atoms with Crippen molar-refractivity contribution in [2.24, 2.45) is 0 Å². The maximum atomic E-state index is 13.4. The van der Waals surface area contributed by atoms with Crippen molar-refractivity contribution in [3.8, 4) is 0 Å². The van der Waals surface area contributed by atoms with Crippen molar-refractivity contribution in [3.63, 3.8) is 0 Å². The average Bonchev–Trinajstić information content (AvgIpc) is 2.89. The van der Waals surface area contributed by atoms with Gasteiger partial charge in [-0.2, -0.15) is 0 Å². The highest BCUT2D eigenvalue weighted by molar-refractivity contribution is 7.89. The molecule has 2 rings (SSSR count). The molecule has 4 nitrogen and oxygen atoms in total. The summed E-state index contributed by atoms with van der Waals surface area (Å²) >= 11 is 0. The Balaban J connectivity index is 2.23. The van der Waals surface area contributed by atoms with Crippen molar-refractivity contribution in [1.29, 1.82) is 0 Å². The Morgan fingerprint density at radius 2 is 1.52 bits per heavy atom. The molecule has 0 saturated heterocycles. The minimum absolute atomic E-state index is 0.0521. The van der Waals surface area contributed by atoms with Crippen molar-refractivity contribution in [2.75, 3.05) is 6.54 Å². The van der Waals surface area contributed by atoms with Crippen LogP contribution in [0.1, 0.15) is 0 Å². The first-order valence-corrected chi connectivity index (χ1v) is 7.24. The lowest BCUT2D eigenvalue weighted by molar-refractivity contribution is 0.418. The normalized spacial score (nSPS) is 11.8. The second-order valence-electron chi connectivity index (χ2n) is 4.12. The van der Waals surface area contributed by atoms with Gasteiger partial charge < -0.3 is 4.57 Å². The van der Waals surface area contributed by atoms with Crippen molar-refractivity contribution < 1.29 is 26.0 Å². The SMILES string of the molecule is O=S(=O)(NCCn1cccc1)c1c(F)c(F)cc(F)c1F. The number of halogens is 4. The summed E-state index contributed by atoms with van der Waals surface area (Å²) < 4.78 is 79.9. The van der Waals surface area contributed by atoms with E-state index in [1.165, 1.54) is 0 Å². The second kappa shape index (κ2) is 5.86. The van der Waals surface area contributed by atoms with Crippen LogP contribution in [0, 0.1) is 23.3 Å². The smallest absolute Gasteiger partial charge is 0.246 e. The van der Waals surface area contributed by atoms with E-state index in [9.17, 15) is 26.0 Å². The molecule has 0 fully saturated rings. The molecule has 0 saturated carbocycles. The number of sulfonamides is 1. The molecule has 0 aliphatic rings. The van der Waals surface area contributed by atoms with Crippen molar-refractivity contribution in [3.05, 3.63) is 53.9 Å². The fourth-order valence-electron chi connectivity index (χ4n) is 1.69. The van der Waals surface area contributed by atoms with Crippen LogP contribution >= 0.6 is 0 Å². The first-order chi connectivity index (χ1) is 9.83. The number of nitrogens with one attached hydrogen (secondary N) is 1. The third kappa shape index (κ3) is 3.24. The molecule has 0 spiro atoms. The van der Waals surface area contributed by atoms with Gasteiger partial charge in [0.25, 0.3) is 0 Å². The average molecular weight is 322 g/mol. The monoisotopic (exact) mass is 322 g/mol. The van der Waals surface area contributed by atoms with Gasteiger partial charge in [-0.05, 0) is 12.1 Å². The summed E-state index contributed by atoms with van der Waals surface area (Å²) in [6.07, 6.45) is 3.30. The number of hydrogen-bond acceptors (Lipinski definition) is 2. The van der Waals surface area contributed by atoms with Crippen molar-refractivity contribution >= 4 is 10.0 Å². The fraction of sp³-hybridized carbons (Fsp3) is 0.167. The lowest BCUT2D eigenvalue weighted by atomic mass is 10.3. The van der Waals surface area contributed by atoms with Gasteiger partial charge in [0, 0.05) is 31.5 Å². The highest BCUT2D eigenvalue weighted by Gasteiger charge is 2.29. The van der Waals surface area contributed by atoms with E-state index in [4.69, 9.17) is 0 Å². The number of nitrogens with zero attached hydrogens (tertiary/aromatic N) is 1. The Morgan fingerprint density at radius 3 is 2.05 bits per heavy atom. The minimum atomic E-state index is -4.71. The van der Waals surface area contributed by atoms with Gasteiger partial charge in [-0.1, -0.05) is 0 Å². The van der Waals surface area contributed by atoms with Crippen LogP contribution in [0.15, 0.2) is 35.5 Å². The Labute approximate surface area is 118 Å². The highest BCUT2D eigenvalue weighted by Crippen LogP contribution is 2.23. The predicted molar refractivity (Wildman–Crippen MR) is 65.9 cm³/mol. The third-order valence-electron chi connectivity index (χ3n) is 2.67. The molecule has 1 aromatic carbocycles. The van der Waals surface area contributed by atoms with E-state index in [2.05, 4.69) is 0 Å². The Bertz CT molecular complexity index is 719. The zero-order valence-electron chi connectivity index (χ0n) is 10.5. The molecule has 114 valence electrons. The minimum Gasteiger partial charge on any atom is -0.353 e. The van der Waals surface area contributed by atoms with E-state index >= 15 is 0 Å². The maximum Gasteiger partial charge on any atom is 0.246 e. The van der Waals surface area contributed by atoms with E-state index < -0.39 is 38.2 Å². The summed E-state index contributed by atoms with van der Waals surface area (Å²) in [7, 11) is -4.71. The number of aromatic nitrogens is 1. The van der Waals surface area contributed by atoms with E-state index in [1.54, 1.807) is 29.1 Å². The summed E-state index contributed by atoms with van der Waals surface area (Å²) in [4.78, 5) is -1.66. The Kier molecular flexibility index (Phi) is 4.33. The molecule has 2 aromatic rings. The third-order valence-corrected chi connectivity index (χ3v) is 4.15. The van der Waals surface area contributed by atoms with E-state index in [0.29, 0.717) is 0 Å². The van der Waals surface area contributed by atoms with Gasteiger partial charge in [0.2, 0.25) is 10.0 Å². The fourth-order valence-corrected chi connectivity index (χ4v) is 2.86. The first-order valence-electron chi connectivity index (χ1n) is 5.76. The van der Waals surface area contributed by atoms with Gasteiger partial charge in [0.05, 0.1) is 0 Å². The summed E-state index contributed by atoms with van der Waals surface area (Å²) in [5, 5.41) is 0. The summed E-state index contributed by atoms with van der Waals surface area (Å²) in [5.74, 6) is -7.47. The molecular formula is C12H10F4N2O2S. The van der Waals surface area contributed by atoms with Gasteiger partial charge in [0.15, 0.2) is 28.2 Å².